The zero-order chi connectivity index (χ0) is 24.9. The van der Waals surface area contributed by atoms with Crippen LogP contribution in [0.25, 0.3) is 16.6 Å². The van der Waals surface area contributed by atoms with Gasteiger partial charge in [0.25, 0.3) is 15.6 Å². The Bertz CT molecular complexity index is 1650. The molecule has 0 spiro atoms. The highest BCUT2D eigenvalue weighted by atomic mass is 32.2. The Morgan fingerprint density at radius 3 is 2.51 bits per heavy atom. The number of aromatic nitrogens is 2. The lowest BCUT2D eigenvalue weighted by molar-refractivity contribution is -0.116. The van der Waals surface area contributed by atoms with Crippen molar-refractivity contribution < 1.29 is 13.2 Å². The average Bonchev–Trinajstić information content (AvgIpc) is 3.15. The van der Waals surface area contributed by atoms with E-state index in [0.717, 1.165) is 11.3 Å². The van der Waals surface area contributed by atoms with Gasteiger partial charge in [0.05, 0.1) is 21.5 Å². The number of carbonyl (C=O) groups is 1. The van der Waals surface area contributed by atoms with Gasteiger partial charge in [-0.1, -0.05) is 18.2 Å². The van der Waals surface area contributed by atoms with Gasteiger partial charge in [0.2, 0.25) is 5.91 Å². The third-order valence-electron chi connectivity index (χ3n) is 6.22. The molecule has 178 valence electrons. The summed E-state index contributed by atoms with van der Waals surface area (Å²) in [4.78, 5) is 31.6. The van der Waals surface area contributed by atoms with Gasteiger partial charge < -0.3 is 4.90 Å². The first-order valence-electron chi connectivity index (χ1n) is 11.2. The van der Waals surface area contributed by atoms with Crippen molar-refractivity contribution in [3.63, 3.8) is 0 Å². The van der Waals surface area contributed by atoms with E-state index in [4.69, 9.17) is 0 Å². The van der Waals surface area contributed by atoms with E-state index in [1.165, 1.54) is 23.6 Å². The molecule has 1 aromatic heterocycles. The summed E-state index contributed by atoms with van der Waals surface area (Å²) in [6.07, 6.45) is 0.582. The quantitative estimate of drug-likeness (QED) is 0.471. The van der Waals surface area contributed by atoms with Gasteiger partial charge in [0.1, 0.15) is 5.82 Å². The minimum atomic E-state index is -3.92. The third-order valence-corrected chi connectivity index (χ3v) is 7.60. The molecule has 1 N–H and O–H groups in total. The predicted molar refractivity (Wildman–Crippen MR) is 136 cm³/mol. The van der Waals surface area contributed by atoms with Crippen molar-refractivity contribution >= 4 is 38.2 Å². The molecule has 1 aliphatic heterocycles. The van der Waals surface area contributed by atoms with Crippen LogP contribution in [0.3, 0.4) is 0 Å². The van der Waals surface area contributed by atoms with Gasteiger partial charge in [0, 0.05) is 24.3 Å². The molecule has 4 aromatic rings. The summed E-state index contributed by atoms with van der Waals surface area (Å²) in [5, 5.41) is 0.305. The molecular weight excluding hydrogens is 464 g/mol. The molecule has 1 amide bonds. The van der Waals surface area contributed by atoms with Crippen LogP contribution >= 0.6 is 0 Å². The molecule has 0 radical (unpaired) electrons. The summed E-state index contributed by atoms with van der Waals surface area (Å²) < 4.78 is 30.4. The molecule has 2 heterocycles. The molecule has 0 aliphatic carbocycles. The number of fused-ring (bicyclic) bond motifs is 2. The summed E-state index contributed by atoms with van der Waals surface area (Å²) >= 11 is 0. The van der Waals surface area contributed by atoms with E-state index in [1.807, 2.05) is 37.3 Å². The maximum absolute atomic E-state index is 13.3. The number of amides is 1. The van der Waals surface area contributed by atoms with Crippen molar-refractivity contribution in [2.75, 3.05) is 9.62 Å². The van der Waals surface area contributed by atoms with Crippen LogP contribution in [0.2, 0.25) is 0 Å². The van der Waals surface area contributed by atoms with Crippen LogP contribution in [0, 0.1) is 6.92 Å². The first-order valence-corrected chi connectivity index (χ1v) is 12.7. The van der Waals surface area contributed by atoms with Crippen LogP contribution in [-0.2, 0) is 21.2 Å². The fourth-order valence-corrected chi connectivity index (χ4v) is 5.81. The number of nitrogens with zero attached hydrogens (tertiary/aromatic N) is 3. The number of nitrogens with one attached hydrogen (secondary N) is 1. The Kier molecular flexibility index (Phi) is 5.44. The lowest BCUT2D eigenvalue weighted by Crippen LogP contribution is -2.33. The van der Waals surface area contributed by atoms with Crippen LogP contribution in [0.4, 0.5) is 11.4 Å². The monoisotopic (exact) mass is 488 g/mol. The highest BCUT2D eigenvalue weighted by Crippen LogP contribution is 2.34. The van der Waals surface area contributed by atoms with Crippen molar-refractivity contribution in [2.45, 2.75) is 38.1 Å². The van der Waals surface area contributed by atoms with E-state index in [-0.39, 0.29) is 28.1 Å². The summed E-state index contributed by atoms with van der Waals surface area (Å²) in [7, 11) is -3.92. The van der Waals surface area contributed by atoms with Crippen molar-refractivity contribution in [3.05, 3.63) is 88.5 Å². The number of hydrogen-bond acceptors (Lipinski definition) is 5. The molecule has 0 saturated heterocycles. The van der Waals surface area contributed by atoms with Crippen molar-refractivity contribution in [3.8, 4) is 5.69 Å². The second-order valence-corrected chi connectivity index (χ2v) is 10.4. The molecule has 5 rings (SSSR count). The number of hydrogen-bond donors (Lipinski definition) is 1. The summed E-state index contributed by atoms with van der Waals surface area (Å²) in [5.41, 5.74) is 2.69. The van der Waals surface area contributed by atoms with Gasteiger partial charge in [-0.05, 0) is 74.4 Å². The summed E-state index contributed by atoms with van der Waals surface area (Å²) in [6, 6.07) is 18.6. The molecule has 8 nitrogen and oxygen atoms in total. The lowest BCUT2D eigenvalue weighted by Gasteiger charge is -2.20. The topological polar surface area (TPSA) is 101 Å². The maximum Gasteiger partial charge on any atom is 0.266 e. The molecule has 1 atom stereocenters. The van der Waals surface area contributed by atoms with E-state index in [1.54, 1.807) is 36.1 Å². The second-order valence-electron chi connectivity index (χ2n) is 8.71. The Morgan fingerprint density at radius 2 is 1.80 bits per heavy atom. The van der Waals surface area contributed by atoms with Crippen LogP contribution in [-0.4, -0.2) is 29.9 Å². The molecule has 35 heavy (non-hydrogen) atoms. The van der Waals surface area contributed by atoms with Crippen LogP contribution in [0.5, 0.6) is 0 Å². The fraction of sp³-hybridized carbons (Fsp3) is 0.192. The first-order chi connectivity index (χ1) is 16.7. The maximum atomic E-state index is 13.3. The zero-order valence-electron chi connectivity index (χ0n) is 19.5. The number of carbonyl (C=O) groups excluding carboxylic acids is 1. The van der Waals surface area contributed by atoms with Gasteiger partial charge in [-0.25, -0.2) is 13.4 Å². The standard InChI is InChI=1S/C26H24N4O4S/c1-16-13-19-14-22(10-12-25(19)29(16)18(3)31)35(33,34)28-20-9-11-24-23(15-20)26(32)30(17(2)27-24)21-7-5-4-6-8-21/h4-12,14-16,28H,13H2,1-3H3. The van der Waals surface area contributed by atoms with Crippen molar-refractivity contribution in [2.24, 2.45) is 0 Å². The van der Waals surface area contributed by atoms with Crippen LogP contribution in [0.15, 0.2) is 76.4 Å². The Balaban J connectivity index is 1.52. The second kappa shape index (κ2) is 8.35. The number of para-hydroxylation sites is 1. The molecule has 0 bridgehead atoms. The largest absolute Gasteiger partial charge is 0.309 e. The van der Waals surface area contributed by atoms with Gasteiger partial charge in [-0.3, -0.25) is 18.9 Å². The molecular formula is C26H24N4O4S. The highest BCUT2D eigenvalue weighted by molar-refractivity contribution is 7.92. The average molecular weight is 489 g/mol. The number of benzene rings is 3. The van der Waals surface area contributed by atoms with Crippen molar-refractivity contribution in [1.82, 2.24) is 9.55 Å². The number of anilines is 2. The summed E-state index contributed by atoms with van der Waals surface area (Å²) in [6.45, 7) is 5.19. The normalized spacial score (nSPS) is 15.3. The molecule has 0 saturated carbocycles. The molecule has 0 fully saturated rings. The summed E-state index contributed by atoms with van der Waals surface area (Å²) in [5.74, 6) is 0.458. The zero-order valence-corrected chi connectivity index (χ0v) is 20.3. The number of sulfonamides is 1. The predicted octanol–water partition coefficient (Wildman–Crippen LogP) is 3.79. The van der Waals surface area contributed by atoms with Crippen LogP contribution < -0.4 is 15.2 Å². The highest BCUT2D eigenvalue weighted by Gasteiger charge is 2.30. The molecule has 9 heteroatoms. The third kappa shape index (κ3) is 3.97. The van der Waals surface area contributed by atoms with Gasteiger partial charge in [-0.15, -0.1) is 0 Å². The van der Waals surface area contributed by atoms with Crippen molar-refractivity contribution in [1.29, 1.82) is 0 Å². The van der Waals surface area contributed by atoms with E-state index < -0.39 is 10.0 Å². The Labute approximate surface area is 202 Å². The fourth-order valence-electron chi connectivity index (χ4n) is 4.71. The number of aryl methyl sites for hydroxylation is 1. The Morgan fingerprint density at radius 1 is 1.06 bits per heavy atom. The minimum Gasteiger partial charge on any atom is -0.309 e. The SMILES string of the molecule is CC(=O)N1c2ccc(S(=O)(=O)Nc3ccc4nc(C)n(-c5ccccc5)c(=O)c4c3)cc2CC1C. The van der Waals surface area contributed by atoms with E-state index in [2.05, 4.69) is 9.71 Å². The smallest absolute Gasteiger partial charge is 0.266 e. The van der Waals surface area contributed by atoms with E-state index >= 15 is 0 Å². The Hall–Kier alpha value is -3.98. The molecule has 3 aromatic carbocycles. The molecule has 1 aliphatic rings. The van der Waals surface area contributed by atoms with E-state index in [9.17, 15) is 18.0 Å². The van der Waals surface area contributed by atoms with Crippen LogP contribution in [0.1, 0.15) is 25.2 Å². The lowest BCUT2D eigenvalue weighted by atomic mass is 10.1. The van der Waals surface area contributed by atoms with Gasteiger partial charge >= 0.3 is 0 Å². The van der Waals surface area contributed by atoms with E-state index in [0.29, 0.717) is 28.8 Å². The van der Waals surface area contributed by atoms with Gasteiger partial charge in [0.15, 0.2) is 0 Å². The molecule has 1 unspecified atom stereocenters. The first kappa shape index (κ1) is 22.8. The minimum absolute atomic E-state index is 0.0309. The number of rotatable bonds is 4. The van der Waals surface area contributed by atoms with Gasteiger partial charge in [-0.2, -0.15) is 0 Å².